The third-order valence-corrected chi connectivity index (χ3v) is 6.72. The van der Waals surface area contributed by atoms with E-state index in [1.54, 1.807) is 30.3 Å². The van der Waals surface area contributed by atoms with Crippen molar-refractivity contribution in [3.63, 3.8) is 0 Å². The van der Waals surface area contributed by atoms with Crippen molar-refractivity contribution < 1.29 is 14.3 Å². The number of primary amides is 1. The van der Waals surface area contributed by atoms with Gasteiger partial charge in [-0.2, -0.15) is 4.98 Å². The molecule has 0 bridgehead atoms. The molecule has 2 aromatic carbocycles. The van der Waals surface area contributed by atoms with Gasteiger partial charge in [0.1, 0.15) is 11.4 Å². The van der Waals surface area contributed by atoms with Crippen molar-refractivity contribution >= 4 is 34.7 Å². The van der Waals surface area contributed by atoms with E-state index in [-0.39, 0.29) is 29.2 Å². The third-order valence-electron chi connectivity index (χ3n) is 6.72. The summed E-state index contributed by atoms with van der Waals surface area (Å²) in [6.45, 7) is 8.50. The van der Waals surface area contributed by atoms with Gasteiger partial charge in [-0.05, 0) is 57.5 Å². The lowest BCUT2D eigenvalue weighted by Gasteiger charge is -2.34. The number of piperazine rings is 1. The van der Waals surface area contributed by atoms with Crippen LogP contribution in [0.4, 0.5) is 22.9 Å². The fraction of sp³-hybridized carbons (Fsp3) is 0.355. The van der Waals surface area contributed by atoms with Gasteiger partial charge in [-0.15, -0.1) is 0 Å². The molecular weight excluding hydrogens is 532 g/mol. The molecule has 0 saturated carbocycles. The van der Waals surface area contributed by atoms with E-state index in [1.807, 2.05) is 57.1 Å². The predicted octanol–water partition coefficient (Wildman–Crippen LogP) is 4.04. The van der Waals surface area contributed by atoms with E-state index >= 15 is 0 Å². The Morgan fingerprint density at radius 2 is 1.76 bits per heavy atom. The van der Waals surface area contributed by atoms with Crippen molar-refractivity contribution in [2.45, 2.75) is 19.8 Å². The van der Waals surface area contributed by atoms with Gasteiger partial charge in [0.2, 0.25) is 11.8 Å². The minimum Gasteiger partial charge on any atom is -0.437 e. The van der Waals surface area contributed by atoms with Gasteiger partial charge in [-0.3, -0.25) is 9.59 Å². The van der Waals surface area contributed by atoms with Crippen LogP contribution in [-0.2, 0) is 4.79 Å². The van der Waals surface area contributed by atoms with Crippen molar-refractivity contribution in [3.05, 3.63) is 72.1 Å². The number of benzene rings is 2. The first-order chi connectivity index (χ1) is 20.1. The molecule has 4 rings (SSSR count). The summed E-state index contributed by atoms with van der Waals surface area (Å²) < 4.78 is 6.17. The Kier molecular flexibility index (Phi) is 10.1. The van der Waals surface area contributed by atoms with E-state index in [0.29, 0.717) is 23.7 Å². The second-order valence-electron chi connectivity index (χ2n) is 10.9. The Labute approximate surface area is 247 Å². The molecule has 0 aliphatic carbocycles. The first-order valence-corrected chi connectivity index (χ1v) is 14.0. The highest BCUT2D eigenvalue weighted by molar-refractivity contribution is 5.99. The quantitative estimate of drug-likeness (QED) is 0.292. The van der Waals surface area contributed by atoms with Gasteiger partial charge >= 0.3 is 0 Å². The molecule has 0 atom stereocenters. The summed E-state index contributed by atoms with van der Waals surface area (Å²) in [5.74, 6) is -0.152. The number of carbonyl (C=O) groups excluding carboxylic acids is 2. The number of carbonyl (C=O) groups is 2. The Balaban J connectivity index is 1.56. The summed E-state index contributed by atoms with van der Waals surface area (Å²) >= 11 is 0. The third kappa shape index (κ3) is 8.27. The molecule has 1 aliphatic heterocycles. The molecule has 4 N–H and O–H groups in total. The zero-order valence-electron chi connectivity index (χ0n) is 24.9. The fourth-order valence-electron chi connectivity index (χ4n) is 4.40. The van der Waals surface area contributed by atoms with Crippen LogP contribution in [-0.4, -0.2) is 85.4 Å². The van der Waals surface area contributed by atoms with Crippen molar-refractivity contribution in [3.8, 4) is 11.6 Å². The summed E-state index contributed by atoms with van der Waals surface area (Å²) in [5, 5.41) is 6.04. The Bertz CT molecular complexity index is 1410. The number of anilines is 4. The number of amides is 2. The first-order valence-electron chi connectivity index (χ1n) is 14.0. The molecule has 0 spiro atoms. The van der Waals surface area contributed by atoms with Crippen molar-refractivity contribution in [1.29, 1.82) is 0 Å². The standard InChI is InChI=1S/C31H40N8O3/c1-21(2)27-31(42-25-9-6-8-23(20-25)33-26(40)10-7-15-37(3)4)36-30(28(35-27)29(32)41)34-22-11-13-24(14-12-22)39-18-16-38(5)17-19-39/h6-14,20-21H,15-19H2,1-5H3,(H2,32,41)(H,33,40)(H,34,36)/b10-7+. The molecule has 1 aliphatic rings. The molecule has 3 aromatic rings. The van der Waals surface area contributed by atoms with Crippen molar-refractivity contribution in [2.24, 2.45) is 5.73 Å². The maximum Gasteiger partial charge on any atom is 0.271 e. The lowest BCUT2D eigenvalue weighted by molar-refractivity contribution is -0.111. The molecule has 0 radical (unpaired) electrons. The van der Waals surface area contributed by atoms with E-state index in [9.17, 15) is 9.59 Å². The average Bonchev–Trinajstić information content (AvgIpc) is 2.94. The van der Waals surface area contributed by atoms with Gasteiger partial charge in [-0.25, -0.2) is 4.98 Å². The zero-order valence-corrected chi connectivity index (χ0v) is 24.9. The average molecular weight is 573 g/mol. The molecule has 1 aromatic heterocycles. The monoisotopic (exact) mass is 572 g/mol. The molecule has 42 heavy (non-hydrogen) atoms. The molecule has 1 fully saturated rings. The highest BCUT2D eigenvalue weighted by atomic mass is 16.5. The second kappa shape index (κ2) is 13.9. The van der Waals surface area contributed by atoms with Crippen LogP contribution in [0.15, 0.2) is 60.7 Å². The van der Waals surface area contributed by atoms with Gasteiger partial charge in [0.05, 0.1) is 0 Å². The number of aromatic nitrogens is 2. The number of hydrogen-bond donors (Lipinski definition) is 3. The van der Waals surface area contributed by atoms with Crippen LogP contribution in [0.2, 0.25) is 0 Å². The maximum absolute atomic E-state index is 12.4. The van der Waals surface area contributed by atoms with Crippen molar-refractivity contribution in [2.75, 3.05) is 69.4 Å². The second-order valence-corrected chi connectivity index (χ2v) is 10.9. The van der Waals surface area contributed by atoms with Crippen LogP contribution in [0, 0.1) is 0 Å². The van der Waals surface area contributed by atoms with Gasteiger partial charge < -0.3 is 35.8 Å². The molecule has 1 saturated heterocycles. The van der Waals surface area contributed by atoms with Crippen LogP contribution in [0.3, 0.4) is 0 Å². The lowest BCUT2D eigenvalue weighted by atomic mass is 10.1. The molecule has 2 heterocycles. The SMILES string of the molecule is CC(C)c1nc(C(N)=O)c(Nc2ccc(N3CCN(C)CC3)cc2)nc1Oc1cccc(NC(=O)/C=C/CN(C)C)c1. The number of nitrogens with zero attached hydrogens (tertiary/aromatic N) is 5. The molecule has 11 heteroatoms. The number of nitrogens with two attached hydrogens (primary N) is 1. The number of ether oxygens (including phenoxy) is 1. The maximum atomic E-state index is 12.4. The number of likely N-dealkylation sites (N-methyl/N-ethyl adjacent to an activating group) is 2. The smallest absolute Gasteiger partial charge is 0.271 e. The van der Waals surface area contributed by atoms with E-state index in [0.717, 1.165) is 37.6 Å². The molecule has 0 unspecified atom stereocenters. The zero-order chi connectivity index (χ0) is 30.2. The summed E-state index contributed by atoms with van der Waals surface area (Å²) in [7, 11) is 5.99. The van der Waals surface area contributed by atoms with Crippen LogP contribution >= 0.6 is 0 Å². The van der Waals surface area contributed by atoms with Crippen molar-refractivity contribution in [1.82, 2.24) is 19.8 Å². The van der Waals surface area contributed by atoms with Gasteiger partial charge in [0, 0.05) is 67.8 Å². The first kappa shape index (κ1) is 30.5. The van der Waals surface area contributed by atoms with Crippen LogP contribution in [0.5, 0.6) is 11.6 Å². The molecule has 2 amide bonds. The van der Waals surface area contributed by atoms with E-state index in [1.165, 1.54) is 6.08 Å². The normalized spacial score (nSPS) is 14.0. The summed E-state index contributed by atoms with van der Waals surface area (Å²) in [4.78, 5) is 40.5. The van der Waals surface area contributed by atoms with E-state index in [2.05, 4.69) is 37.4 Å². The molecular formula is C31H40N8O3. The lowest BCUT2D eigenvalue weighted by Crippen LogP contribution is -2.44. The Morgan fingerprint density at radius 3 is 2.40 bits per heavy atom. The summed E-state index contributed by atoms with van der Waals surface area (Å²) in [6.07, 6.45) is 3.28. The summed E-state index contributed by atoms with van der Waals surface area (Å²) in [6, 6.07) is 15.0. The number of rotatable bonds is 11. The fourth-order valence-corrected chi connectivity index (χ4v) is 4.40. The predicted molar refractivity (Wildman–Crippen MR) is 167 cm³/mol. The summed E-state index contributed by atoms with van der Waals surface area (Å²) in [5.41, 5.74) is 8.66. The van der Waals surface area contributed by atoms with Crippen LogP contribution < -0.4 is 26.0 Å². The van der Waals surface area contributed by atoms with Gasteiger partial charge in [0.25, 0.3) is 5.91 Å². The van der Waals surface area contributed by atoms with Crippen LogP contribution in [0.1, 0.15) is 35.9 Å². The van der Waals surface area contributed by atoms with E-state index in [4.69, 9.17) is 10.5 Å². The topological polar surface area (TPSA) is 129 Å². The minimum absolute atomic E-state index is 0.0275. The molecule has 222 valence electrons. The highest BCUT2D eigenvalue weighted by Crippen LogP contribution is 2.32. The van der Waals surface area contributed by atoms with E-state index < -0.39 is 5.91 Å². The molecule has 11 nitrogen and oxygen atoms in total. The minimum atomic E-state index is -0.695. The highest BCUT2D eigenvalue weighted by Gasteiger charge is 2.22. The number of hydrogen-bond acceptors (Lipinski definition) is 9. The number of nitrogens with one attached hydrogen (secondary N) is 2. The largest absolute Gasteiger partial charge is 0.437 e. The Morgan fingerprint density at radius 1 is 1.05 bits per heavy atom. The Hall–Kier alpha value is -4.48. The van der Waals surface area contributed by atoms with Gasteiger partial charge in [0.15, 0.2) is 11.5 Å². The van der Waals surface area contributed by atoms with Gasteiger partial charge in [-0.1, -0.05) is 26.0 Å². The van der Waals surface area contributed by atoms with Crippen LogP contribution in [0.25, 0.3) is 0 Å².